The third kappa shape index (κ3) is 3.12. The quantitative estimate of drug-likeness (QED) is 0.189. The molecule has 0 aliphatic rings. The standard InChI is InChI=1S/C44H24O/c1-2-13-29(14-3-1)45-30-21-39-35-19-27-11-6-7-12-28(27)20-36(35)42-23-37-32-16-8-15-31-33-17-25-9-4-5-10-26(25)18-34(33)41(43(31)32)24-38(37)40(22-30)44(39)42/h1-24H. The van der Waals surface area contributed by atoms with Crippen molar-refractivity contribution in [3.05, 3.63) is 146 Å². The SMILES string of the molecule is c1ccc(Oc2cc3c4cc5ccccc5cc4c4cc5c(cc6c7cc8ccccc8cc7c7cccc5c76)c(c2)c34)cc1. The van der Waals surface area contributed by atoms with Crippen molar-refractivity contribution in [1.29, 1.82) is 0 Å². The van der Waals surface area contributed by atoms with Crippen LogP contribution in [-0.4, -0.2) is 0 Å². The zero-order valence-corrected chi connectivity index (χ0v) is 24.3. The summed E-state index contributed by atoms with van der Waals surface area (Å²) in [5.41, 5.74) is 0. The van der Waals surface area contributed by atoms with Gasteiger partial charge in [-0.2, -0.15) is 0 Å². The molecule has 0 N–H and O–H groups in total. The highest BCUT2D eigenvalue weighted by Crippen LogP contribution is 2.49. The first-order valence-corrected chi connectivity index (χ1v) is 15.6. The van der Waals surface area contributed by atoms with Crippen LogP contribution in [0.5, 0.6) is 11.5 Å². The highest BCUT2D eigenvalue weighted by Gasteiger charge is 2.21. The predicted molar refractivity (Wildman–Crippen MR) is 193 cm³/mol. The molecule has 0 spiro atoms. The maximum Gasteiger partial charge on any atom is 0.128 e. The molecule has 0 bridgehead atoms. The summed E-state index contributed by atoms with van der Waals surface area (Å²) in [5.74, 6) is 1.70. The summed E-state index contributed by atoms with van der Waals surface area (Å²) in [5, 5.41) is 23.3. The molecule has 0 aliphatic heterocycles. The van der Waals surface area contributed by atoms with E-state index in [1.54, 1.807) is 0 Å². The number of hydrogen-bond acceptors (Lipinski definition) is 1. The molecule has 1 heteroatoms. The normalized spacial score (nSPS) is 12.4. The molecule has 206 valence electrons. The van der Waals surface area contributed by atoms with Crippen LogP contribution in [0, 0.1) is 0 Å². The minimum Gasteiger partial charge on any atom is -0.457 e. The number of benzene rings is 9. The molecule has 11 aromatic carbocycles. The van der Waals surface area contributed by atoms with E-state index < -0.39 is 0 Å². The van der Waals surface area contributed by atoms with Gasteiger partial charge in [0.05, 0.1) is 0 Å². The minimum absolute atomic E-state index is 0.843. The summed E-state index contributed by atoms with van der Waals surface area (Å²) >= 11 is 0. The van der Waals surface area contributed by atoms with Gasteiger partial charge < -0.3 is 4.74 Å². The molecule has 45 heavy (non-hydrogen) atoms. The molecule has 0 unspecified atom stereocenters. The van der Waals surface area contributed by atoms with Crippen LogP contribution < -0.4 is 4.74 Å². The smallest absolute Gasteiger partial charge is 0.128 e. The van der Waals surface area contributed by atoms with Crippen LogP contribution in [0.4, 0.5) is 0 Å². The first-order chi connectivity index (χ1) is 22.3. The largest absolute Gasteiger partial charge is 0.457 e. The summed E-state index contributed by atoms with van der Waals surface area (Å²) in [7, 11) is 0. The zero-order valence-electron chi connectivity index (χ0n) is 24.3. The summed E-state index contributed by atoms with van der Waals surface area (Å²) in [6.45, 7) is 0. The monoisotopic (exact) mass is 568 g/mol. The van der Waals surface area contributed by atoms with E-state index in [9.17, 15) is 0 Å². The lowest BCUT2D eigenvalue weighted by Gasteiger charge is -2.12. The van der Waals surface area contributed by atoms with Gasteiger partial charge in [-0.05, 0) is 158 Å². The van der Waals surface area contributed by atoms with Gasteiger partial charge in [0.25, 0.3) is 0 Å². The Labute approximate surface area is 258 Å². The van der Waals surface area contributed by atoms with Gasteiger partial charge in [0.2, 0.25) is 0 Å². The lowest BCUT2D eigenvalue weighted by molar-refractivity contribution is 0.484. The van der Waals surface area contributed by atoms with Gasteiger partial charge in [-0.3, -0.25) is 0 Å². The van der Waals surface area contributed by atoms with E-state index in [-0.39, 0.29) is 0 Å². The molecule has 0 heterocycles. The number of rotatable bonds is 2. The van der Waals surface area contributed by atoms with Crippen LogP contribution in [0.3, 0.4) is 0 Å². The van der Waals surface area contributed by atoms with Crippen molar-refractivity contribution >= 4 is 97.0 Å². The van der Waals surface area contributed by atoms with Gasteiger partial charge in [-0.1, -0.05) is 84.9 Å². The van der Waals surface area contributed by atoms with Gasteiger partial charge in [0.1, 0.15) is 11.5 Å². The molecule has 1 nitrogen and oxygen atoms in total. The van der Waals surface area contributed by atoms with E-state index in [1.165, 1.54) is 97.0 Å². The Bertz CT molecular complexity index is 2990. The summed E-state index contributed by atoms with van der Waals surface area (Å²) < 4.78 is 6.56. The van der Waals surface area contributed by atoms with Crippen molar-refractivity contribution in [3.8, 4) is 11.5 Å². The highest BCUT2D eigenvalue weighted by atomic mass is 16.5. The Morgan fingerprint density at radius 1 is 0.244 bits per heavy atom. The second-order valence-corrected chi connectivity index (χ2v) is 12.5. The second kappa shape index (κ2) is 8.37. The van der Waals surface area contributed by atoms with Crippen LogP contribution in [0.25, 0.3) is 97.0 Å². The maximum atomic E-state index is 6.56. The molecule has 0 fully saturated rings. The molecule has 0 aromatic heterocycles. The maximum absolute atomic E-state index is 6.56. The number of para-hydroxylation sites is 1. The average molecular weight is 569 g/mol. The van der Waals surface area contributed by atoms with Crippen molar-refractivity contribution in [2.45, 2.75) is 0 Å². The van der Waals surface area contributed by atoms with Gasteiger partial charge in [-0.25, -0.2) is 0 Å². The Morgan fingerprint density at radius 2 is 0.622 bits per heavy atom. The third-order valence-corrected chi connectivity index (χ3v) is 10.1. The molecular weight excluding hydrogens is 544 g/mol. The first kappa shape index (κ1) is 23.5. The molecule has 11 aromatic rings. The van der Waals surface area contributed by atoms with Gasteiger partial charge in [-0.15, -0.1) is 0 Å². The molecule has 0 saturated heterocycles. The Balaban J connectivity index is 1.36. The van der Waals surface area contributed by atoms with Crippen LogP contribution in [0.2, 0.25) is 0 Å². The number of ether oxygens (including phenoxy) is 1. The van der Waals surface area contributed by atoms with Gasteiger partial charge in [0.15, 0.2) is 0 Å². The van der Waals surface area contributed by atoms with Crippen molar-refractivity contribution < 1.29 is 4.74 Å². The first-order valence-electron chi connectivity index (χ1n) is 15.6. The summed E-state index contributed by atoms with van der Waals surface area (Å²) in [4.78, 5) is 0. The molecule has 0 saturated carbocycles. The van der Waals surface area contributed by atoms with E-state index in [0.29, 0.717) is 0 Å². The van der Waals surface area contributed by atoms with E-state index >= 15 is 0 Å². The second-order valence-electron chi connectivity index (χ2n) is 12.5. The molecule has 0 amide bonds. The third-order valence-electron chi connectivity index (χ3n) is 10.1. The predicted octanol–water partition coefficient (Wildman–Crippen LogP) is 12.7. The molecule has 0 radical (unpaired) electrons. The van der Waals surface area contributed by atoms with Crippen molar-refractivity contribution in [3.63, 3.8) is 0 Å². The summed E-state index contributed by atoms with van der Waals surface area (Å²) in [6.07, 6.45) is 0. The lowest BCUT2D eigenvalue weighted by Crippen LogP contribution is -1.86. The topological polar surface area (TPSA) is 9.23 Å². The fourth-order valence-electron chi connectivity index (χ4n) is 8.14. The lowest BCUT2D eigenvalue weighted by atomic mass is 9.93. The molecular formula is C44H24O. The van der Waals surface area contributed by atoms with Crippen molar-refractivity contribution in [2.24, 2.45) is 0 Å². The summed E-state index contributed by atoms with van der Waals surface area (Å²) in [6, 6.07) is 53.3. The Hall–Kier alpha value is -5.92. The van der Waals surface area contributed by atoms with Crippen LogP contribution in [0.15, 0.2) is 146 Å². The minimum atomic E-state index is 0.843. The van der Waals surface area contributed by atoms with E-state index in [1.807, 2.05) is 30.3 Å². The fourth-order valence-corrected chi connectivity index (χ4v) is 8.14. The van der Waals surface area contributed by atoms with Crippen molar-refractivity contribution in [1.82, 2.24) is 0 Å². The van der Waals surface area contributed by atoms with Crippen LogP contribution in [0.1, 0.15) is 0 Å². The van der Waals surface area contributed by atoms with Crippen LogP contribution >= 0.6 is 0 Å². The molecule has 0 atom stereocenters. The fraction of sp³-hybridized carbons (Fsp3) is 0. The van der Waals surface area contributed by atoms with E-state index in [2.05, 4.69) is 115 Å². The van der Waals surface area contributed by atoms with E-state index in [0.717, 1.165) is 11.5 Å². The number of hydrogen-bond donors (Lipinski definition) is 0. The number of fused-ring (bicyclic) bond motifs is 11. The highest BCUT2D eigenvalue weighted by molar-refractivity contribution is 6.42. The molecule has 11 rings (SSSR count). The van der Waals surface area contributed by atoms with Crippen LogP contribution in [-0.2, 0) is 0 Å². The van der Waals surface area contributed by atoms with E-state index in [4.69, 9.17) is 4.74 Å². The Kier molecular flexibility index (Phi) is 4.38. The Morgan fingerprint density at radius 3 is 1.13 bits per heavy atom. The average Bonchev–Trinajstić information content (AvgIpc) is 3.56. The van der Waals surface area contributed by atoms with Gasteiger partial charge in [0, 0.05) is 0 Å². The van der Waals surface area contributed by atoms with Crippen molar-refractivity contribution in [2.75, 3.05) is 0 Å². The zero-order chi connectivity index (χ0) is 29.2. The molecule has 0 aliphatic carbocycles. The van der Waals surface area contributed by atoms with Gasteiger partial charge >= 0.3 is 0 Å².